The van der Waals surface area contributed by atoms with E-state index >= 15 is 0 Å². The molecule has 2 rings (SSSR count). The van der Waals surface area contributed by atoms with Crippen molar-refractivity contribution in [1.29, 1.82) is 0 Å². The molecule has 1 heterocycles. The maximum absolute atomic E-state index is 8.94. The molecule has 98 valence electrons. The minimum Gasteiger partial charge on any atom is -0.396 e. The molecule has 2 aromatic rings. The third kappa shape index (κ3) is 3.34. The zero-order valence-corrected chi connectivity index (χ0v) is 10.9. The molecule has 1 unspecified atom stereocenters. The van der Waals surface area contributed by atoms with Crippen LogP contribution in [0.5, 0.6) is 0 Å². The molecule has 1 aromatic carbocycles. The van der Waals surface area contributed by atoms with Crippen molar-refractivity contribution in [2.24, 2.45) is 5.92 Å². The smallest absolute Gasteiger partial charge is 0.0499 e. The maximum Gasteiger partial charge on any atom is 0.0499 e. The Hall–Kier alpha value is -1.32. The van der Waals surface area contributed by atoms with Crippen molar-refractivity contribution in [2.75, 3.05) is 13.2 Å². The first-order valence-electron chi connectivity index (χ1n) is 6.68. The highest BCUT2D eigenvalue weighted by Gasteiger charge is 2.02. The van der Waals surface area contributed by atoms with Gasteiger partial charge in [-0.25, -0.2) is 0 Å². The van der Waals surface area contributed by atoms with Crippen LogP contribution in [0.1, 0.15) is 25.3 Å². The van der Waals surface area contributed by atoms with Gasteiger partial charge in [-0.3, -0.25) is 0 Å². The summed E-state index contributed by atoms with van der Waals surface area (Å²) in [6, 6.07) is 8.48. The molecule has 0 amide bonds. The molecule has 0 bridgehead atoms. The van der Waals surface area contributed by atoms with Gasteiger partial charge in [-0.2, -0.15) is 0 Å². The Bertz CT molecular complexity index is 478. The Kier molecular flexibility index (Phi) is 4.79. The molecule has 1 atom stereocenters. The minimum absolute atomic E-state index is 0.293. The molecule has 0 radical (unpaired) electrons. The fourth-order valence-electron chi connectivity index (χ4n) is 2.19. The molecular formula is C15H22N2O. The van der Waals surface area contributed by atoms with Crippen LogP contribution in [0.4, 0.5) is 0 Å². The summed E-state index contributed by atoms with van der Waals surface area (Å²) in [4.78, 5) is 3.28. The fraction of sp³-hybridized carbons (Fsp3) is 0.467. The lowest BCUT2D eigenvalue weighted by molar-refractivity contribution is 0.228. The number of benzene rings is 1. The summed E-state index contributed by atoms with van der Waals surface area (Å²) >= 11 is 0. The van der Waals surface area contributed by atoms with Crippen molar-refractivity contribution in [3.8, 4) is 0 Å². The van der Waals surface area contributed by atoms with Crippen LogP contribution in [0.15, 0.2) is 30.5 Å². The lowest BCUT2D eigenvalue weighted by Gasteiger charge is -2.09. The third-order valence-electron chi connectivity index (χ3n) is 3.35. The Morgan fingerprint density at radius 2 is 2.22 bits per heavy atom. The average Bonchev–Trinajstić information content (AvgIpc) is 2.87. The first-order valence-corrected chi connectivity index (χ1v) is 6.68. The summed E-state index contributed by atoms with van der Waals surface area (Å²) in [7, 11) is 0. The number of para-hydroxylation sites is 1. The van der Waals surface area contributed by atoms with E-state index in [9.17, 15) is 0 Å². The van der Waals surface area contributed by atoms with Crippen molar-refractivity contribution >= 4 is 10.9 Å². The van der Waals surface area contributed by atoms with Gasteiger partial charge in [0, 0.05) is 24.9 Å². The molecule has 0 saturated carbocycles. The van der Waals surface area contributed by atoms with Gasteiger partial charge in [0.05, 0.1) is 0 Å². The highest BCUT2D eigenvalue weighted by Crippen LogP contribution is 2.16. The van der Waals surface area contributed by atoms with E-state index in [2.05, 4.69) is 41.5 Å². The second kappa shape index (κ2) is 6.57. The van der Waals surface area contributed by atoms with Crippen molar-refractivity contribution in [1.82, 2.24) is 10.3 Å². The Labute approximate surface area is 108 Å². The normalized spacial score (nSPS) is 13.0. The minimum atomic E-state index is 0.293. The molecule has 0 spiro atoms. The van der Waals surface area contributed by atoms with E-state index in [0.29, 0.717) is 12.5 Å². The van der Waals surface area contributed by atoms with Gasteiger partial charge in [0.15, 0.2) is 0 Å². The van der Waals surface area contributed by atoms with Gasteiger partial charge in [-0.1, -0.05) is 25.1 Å². The summed E-state index contributed by atoms with van der Waals surface area (Å²) in [5, 5.41) is 13.7. The van der Waals surface area contributed by atoms with E-state index in [1.54, 1.807) is 0 Å². The Morgan fingerprint density at radius 1 is 1.33 bits per heavy atom. The average molecular weight is 246 g/mol. The summed E-state index contributed by atoms with van der Waals surface area (Å²) in [5.41, 5.74) is 2.54. The van der Waals surface area contributed by atoms with Gasteiger partial charge >= 0.3 is 0 Å². The quantitative estimate of drug-likeness (QED) is 0.658. The largest absolute Gasteiger partial charge is 0.396 e. The zero-order valence-electron chi connectivity index (χ0n) is 10.9. The van der Waals surface area contributed by atoms with Crippen LogP contribution in [0.25, 0.3) is 10.9 Å². The van der Waals surface area contributed by atoms with Gasteiger partial charge in [0.1, 0.15) is 0 Å². The highest BCUT2D eigenvalue weighted by atomic mass is 16.3. The summed E-state index contributed by atoms with van der Waals surface area (Å²) in [5.74, 6) is 0.415. The van der Waals surface area contributed by atoms with Crippen LogP contribution in [-0.4, -0.2) is 23.2 Å². The summed E-state index contributed by atoms with van der Waals surface area (Å²) in [6.45, 7) is 4.27. The van der Waals surface area contributed by atoms with E-state index in [4.69, 9.17) is 5.11 Å². The number of aromatic nitrogens is 1. The van der Waals surface area contributed by atoms with E-state index in [1.165, 1.54) is 16.5 Å². The van der Waals surface area contributed by atoms with E-state index in [0.717, 1.165) is 25.9 Å². The molecule has 0 aliphatic carbocycles. The van der Waals surface area contributed by atoms with Crippen LogP contribution < -0.4 is 5.32 Å². The predicted molar refractivity (Wildman–Crippen MR) is 75.5 cm³/mol. The molecule has 0 aliphatic rings. The SMILES string of the molecule is CC(CO)CCCNCc1cccc2cc[nH]c12. The molecule has 3 nitrogen and oxygen atoms in total. The number of aliphatic hydroxyl groups excluding tert-OH is 1. The number of fused-ring (bicyclic) bond motifs is 1. The van der Waals surface area contributed by atoms with Crippen LogP contribution >= 0.6 is 0 Å². The highest BCUT2D eigenvalue weighted by molar-refractivity contribution is 5.82. The number of rotatable bonds is 7. The van der Waals surface area contributed by atoms with E-state index in [1.807, 2.05) is 6.20 Å². The van der Waals surface area contributed by atoms with Gasteiger partial charge in [-0.15, -0.1) is 0 Å². The van der Waals surface area contributed by atoms with Crippen molar-refractivity contribution in [3.63, 3.8) is 0 Å². The number of aromatic amines is 1. The molecular weight excluding hydrogens is 224 g/mol. The first kappa shape index (κ1) is 13.1. The maximum atomic E-state index is 8.94. The number of hydrogen-bond donors (Lipinski definition) is 3. The predicted octanol–water partition coefficient (Wildman–Crippen LogP) is 2.67. The van der Waals surface area contributed by atoms with E-state index in [-0.39, 0.29) is 0 Å². The zero-order chi connectivity index (χ0) is 12.8. The molecule has 18 heavy (non-hydrogen) atoms. The Balaban J connectivity index is 1.78. The lowest BCUT2D eigenvalue weighted by atomic mass is 10.1. The van der Waals surface area contributed by atoms with Gasteiger partial charge in [0.2, 0.25) is 0 Å². The Morgan fingerprint density at radius 3 is 3.06 bits per heavy atom. The number of nitrogens with one attached hydrogen (secondary N) is 2. The van der Waals surface area contributed by atoms with Gasteiger partial charge in [0.25, 0.3) is 0 Å². The number of H-pyrrole nitrogens is 1. The fourth-order valence-corrected chi connectivity index (χ4v) is 2.19. The topological polar surface area (TPSA) is 48.0 Å². The standard InChI is InChI=1S/C15H22N2O/c1-12(11-18)4-3-8-16-10-14-6-2-5-13-7-9-17-15(13)14/h2,5-7,9,12,16-18H,3-4,8,10-11H2,1H3. The van der Waals surface area contributed by atoms with Crippen LogP contribution in [-0.2, 0) is 6.54 Å². The second-order valence-corrected chi connectivity index (χ2v) is 4.97. The molecule has 0 fully saturated rings. The van der Waals surface area contributed by atoms with E-state index < -0.39 is 0 Å². The number of aliphatic hydroxyl groups is 1. The molecule has 1 aromatic heterocycles. The second-order valence-electron chi connectivity index (χ2n) is 4.97. The van der Waals surface area contributed by atoms with Crippen LogP contribution in [0.2, 0.25) is 0 Å². The van der Waals surface area contributed by atoms with Crippen LogP contribution in [0, 0.1) is 5.92 Å². The monoisotopic (exact) mass is 246 g/mol. The number of hydrogen-bond acceptors (Lipinski definition) is 2. The molecule has 0 saturated heterocycles. The van der Waals surface area contributed by atoms with Crippen molar-refractivity contribution in [3.05, 3.63) is 36.0 Å². The molecule has 3 N–H and O–H groups in total. The molecule has 0 aliphatic heterocycles. The summed E-state index contributed by atoms with van der Waals surface area (Å²) in [6.07, 6.45) is 4.18. The molecule has 3 heteroatoms. The van der Waals surface area contributed by atoms with Crippen LogP contribution in [0.3, 0.4) is 0 Å². The van der Waals surface area contributed by atoms with Gasteiger partial charge < -0.3 is 15.4 Å². The summed E-state index contributed by atoms with van der Waals surface area (Å²) < 4.78 is 0. The van der Waals surface area contributed by atoms with Crippen molar-refractivity contribution < 1.29 is 5.11 Å². The first-order chi connectivity index (χ1) is 8.81. The third-order valence-corrected chi connectivity index (χ3v) is 3.35. The van der Waals surface area contributed by atoms with Gasteiger partial charge in [-0.05, 0) is 42.3 Å². The van der Waals surface area contributed by atoms with Crippen molar-refractivity contribution in [2.45, 2.75) is 26.3 Å². The lowest BCUT2D eigenvalue weighted by Crippen LogP contribution is -2.16.